The summed E-state index contributed by atoms with van der Waals surface area (Å²) in [4.78, 5) is 12.2. The van der Waals surface area contributed by atoms with Crippen molar-refractivity contribution in [3.63, 3.8) is 0 Å². The fourth-order valence-electron chi connectivity index (χ4n) is 2.12. The zero-order chi connectivity index (χ0) is 16.2. The Kier molecular flexibility index (Phi) is 4.52. The molecule has 1 N–H and O–H groups in total. The lowest BCUT2D eigenvalue weighted by molar-refractivity contribution is 0.102. The van der Waals surface area contributed by atoms with Crippen LogP contribution in [-0.2, 0) is 6.54 Å². The minimum atomic E-state index is -0.373. The molecule has 1 amide bonds. The highest BCUT2D eigenvalue weighted by molar-refractivity contribution is 9.10. The van der Waals surface area contributed by atoms with Gasteiger partial charge in [0.1, 0.15) is 11.6 Å². The molecular formula is C17H13BrFN3O. The molecule has 23 heavy (non-hydrogen) atoms. The zero-order valence-electron chi connectivity index (χ0n) is 12.0. The van der Waals surface area contributed by atoms with Gasteiger partial charge in [-0.1, -0.05) is 28.1 Å². The number of carbonyl (C=O) groups excluding carboxylic acids is 1. The minimum Gasteiger partial charge on any atom is -0.307 e. The second-order valence-corrected chi connectivity index (χ2v) is 5.88. The number of hydrogen-bond acceptors (Lipinski definition) is 2. The Labute approximate surface area is 141 Å². The molecule has 0 spiro atoms. The first-order chi connectivity index (χ1) is 11.1. The number of benzene rings is 2. The third-order valence-corrected chi connectivity index (χ3v) is 3.84. The average molecular weight is 374 g/mol. The van der Waals surface area contributed by atoms with Crippen LogP contribution in [0.1, 0.15) is 15.9 Å². The van der Waals surface area contributed by atoms with Crippen LogP contribution >= 0.6 is 15.9 Å². The Morgan fingerprint density at radius 1 is 1.09 bits per heavy atom. The van der Waals surface area contributed by atoms with Gasteiger partial charge in [0, 0.05) is 16.1 Å². The summed E-state index contributed by atoms with van der Waals surface area (Å²) in [6.07, 6.45) is 1.62. The van der Waals surface area contributed by atoms with Crippen molar-refractivity contribution in [2.75, 3.05) is 5.32 Å². The molecule has 116 valence electrons. The minimum absolute atomic E-state index is 0.303. The summed E-state index contributed by atoms with van der Waals surface area (Å²) in [5.41, 5.74) is 1.46. The molecule has 3 aromatic rings. The second-order valence-electron chi connectivity index (χ2n) is 4.96. The maximum atomic E-state index is 12.9. The highest BCUT2D eigenvalue weighted by Gasteiger charge is 2.10. The molecule has 0 bridgehead atoms. The summed E-state index contributed by atoms with van der Waals surface area (Å²) in [5.74, 6) is -0.0911. The van der Waals surface area contributed by atoms with Gasteiger partial charge in [-0.2, -0.15) is 5.10 Å². The molecule has 0 aliphatic rings. The van der Waals surface area contributed by atoms with E-state index in [1.54, 1.807) is 16.9 Å². The molecule has 0 saturated carbocycles. The van der Waals surface area contributed by atoms with Gasteiger partial charge in [0.05, 0.1) is 12.7 Å². The lowest BCUT2D eigenvalue weighted by atomic mass is 10.2. The van der Waals surface area contributed by atoms with Crippen molar-refractivity contribution in [1.82, 2.24) is 9.78 Å². The van der Waals surface area contributed by atoms with E-state index in [2.05, 4.69) is 26.3 Å². The van der Waals surface area contributed by atoms with Crippen molar-refractivity contribution in [3.05, 3.63) is 82.2 Å². The van der Waals surface area contributed by atoms with Crippen LogP contribution in [0.15, 0.2) is 65.3 Å². The van der Waals surface area contributed by atoms with Crippen LogP contribution in [0.3, 0.4) is 0 Å². The maximum absolute atomic E-state index is 12.9. The summed E-state index contributed by atoms with van der Waals surface area (Å²) in [6.45, 7) is 0.541. The van der Waals surface area contributed by atoms with E-state index in [0.29, 0.717) is 17.9 Å². The van der Waals surface area contributed by atoms with E-state index >= 15 is 0 Å². The molecule has 1 aromatic heterocycles. The maximum Gasteiger partial charge on any atom is 0.256 e. The molecule has 0 atom stereocenters. The summed E-state index contributed by atoms with van der Waals surface area (Å²) in [5, 5.41) is 7.01. The molecule has 0 aliphatic carbocycles. The first-order valence-corrected chi connectivity index (χ1v) is 7.74. The van der Waals surface area contributed by atoms with Gasteiger partial charge in [-0.3, -0.25) is 4.79 Å². The first-order valence-electron chi connectivity index (χ1n) is 6.95. The van der Waals surface area contributed by atoms with E-state index in [0.717, 1.165) is 10.0 Å². The van der Waals surface area contributed by atoms with Crippen molar-refractivity contribution in [2.45, 2.75) is 6.54 Å². The summed E-state index contributed by atoms with van der Waals surface area (Å²) < 4.78 is 15.6. The van der Waals surface area contributed by atoms with E-state index in [-0.39, 0.29) is 11.7 Å². The van der Waals surface area contributed by atoms with Crippen molar-refractivity contribution in [3.8, 4) is 0 Å². The highest BCUT2D eigenvalue weighted by atomic mass is 79.9. The predicted octanol–water partition coefficient (Wildman–Crippen LogP) is 4.09. The van der Waals surface area contributed by atoms with Crippen molar-refractivity contribution in [2.24, 2.45) is 0 Å². The normalized spacial score (nSPS) is 10.5. The molecular weight excluding hydrogens is 361 g/mol. The third-order valence-electron chi connectivity index (χ3n) is 3.31. The van der Waals surface area contributed by atoms with Gasteiger partial charge in [0.15, 0.2) is 0 Å². The van der Waals surface area contributed by atoms with Crippen LogP contribution in [-0.4, -0.2) is 15.7 Å². The Bertz CT molecular complexity index is 813. The standard InChI is InChI=1S/C17H13BrFN3O/c18-14-5-1-12(2-6-14)11-22-16(9-10-20-22)21-17(23)13-3-7-15(19)8-4-13/h1-10H,11H2,(H,21,23). The Balaban J connectivity index is 1.74. The molecule has 4 nitrogen and oxygen atoms in total. The van der Waals surface area contributed by atoms with Gasteiger partial charge in [0.25, 0.3) is 5.91 Å². The van der Waals surface area contributed by atoms with Crippen molar-refractivity contribution < 1.29 is 9.18 Å². The third kappa shape index (κ3) is 3.84. The molecule has 3 rings (SSSR count). The number of nitrogens with zero attached hydrogens (tertiary/aromatic N) is 2. The molecule has 1 heterocycles. The summed E-state index contributed by atoms with van der Waals surface area (Å²) >= 11 is 3.40. The molecule has 2 aromatic carbocycles. The van der Waals surface area contributed by atoms with Crippen LogP contribution in [0.4, 0.5) is 10.2 Å². The Morgan fingerprint density at radius 2 is 1.78 bits per heavy atom. The number of anilines is 1. The van der Waals surface area contributed by atoms with E-state index in [1.165, 1.54) is 24.3 Å². The first kappa shape index (κ1) is 15.4. The highest BCUT2D eigenvalue weighted by Crippen LogP contribution is 2.15. The molecule has 0 fully saturated rings. The van der Waals surface area contributed by atoms with E-state index < -0.39 is 0 Å². The van der Waals surface area contributed by atoms with Crippen LogP contribution < -0.4 is 5.32 Å². The largest absolute Gasteiger partial charge is 0.307 e. The lowest BCUT2D eigenvalue weighted by Crippen LogP contribution is -2.16. The van der Waals surface area contributed by atoms with Crippen LogP contribution in [0.25, 0.3) is 0 Å². The molecule has 0 unspecified atom stereocenters. The summed E-state index contributed by atoms with van der Waals surface area (Å²) in [6, 6.07) is 15.0. The van der Waals surface area contributed by atoms with Crippen molar-refractivity contribution in [1.29, 1.82) is 0 Å². The predicted molar refractivity (Wildman–Crippen MR) is 89.8 cm³/mol. The average Bonchev–Trinajstić information content (AvgIpc) is 2.97. The lowest BCUT2D eigenvalue weighted by Gasteiger charge is -2.09. The fourth-order valence-corrected chi connectivity index (χ4v) is 2.38. The number of carbonyl (C=O) groups is 1. The number of hydrogen-bond donors (Lipinski definition) is 1. The summed E-state index contributed by atoms with van der Waals surface area (Å²) in [7, 11) is 0. The molecule has 6 heteroatoms. The van der Waals surface area contributed by atoms with Crippen molar-refractivity contribution >= 4 is 27.7 Å². The molecule has 0 radical (unpaired) electrons. The van der Waals surface area contributed by atoms with Crippen LogP contribution in [0, 0.1) is 5.82 Å². The quantitative estimate of drug-likeness (QED) is 0.748. The van der Waals surface area contributed by atoms with Crippen LogP contribution in [0.2, 0.25) is 0 Å². The van der Waals surface area contributed by atoms with Gasteiger partial charge in [0.2, 0.25) is 0 Å². The van der Waals surface area contributed by atoms with E-state index in [4.69, 9.17) is 0 Å². The van der Waals surface area contributed by atoms with Gasteiger partial charge in [-0.15, -0.1) is 0 Å². The topological polar surface area (TPSA) is 46.9 Å². The molecule has 0 saturated heterocycles. The number of aromatic nitrogens is 2. The number of rotatable bonds is 4. The van der Waals surface area contributed by atoms with Gasteiger partial charge < -0.3 is 5.32 Å². The number of amides is 1. The Morgan fingerprint density at radius 3 is 2.48 bits per heavy atom. The fraction of sp³-hybridized carbons (Fsp3) is 0.0588. The van der Waals surface area contributed by atoms with Gasteiger partial charge in [-0.25, -0.2) is 9.07 Å². The monoisotopic (exact) mass is 373 g/mol. The smallest absolute Gasteiger partial charge is 0.256 e. The Hall–Kier alpha value is -2.47. The SMILES string of the molecule is O=C(Nc1ccnn1Cc1ccc(Br)cc1)c1ccc(F)cc1. The zero-order valence-corrected chi connectivity index (χ0v) is 13.6. The van der Waals surface area contributed by atoms with Gasteiger partial charge >= 0.3 is 0 Å². The van der Waals surface area contributed by atoms with Gasteiger partial charge in [-0.05, 0) is 42.0 Å². The van der Waals surface area contributed by atoms with Crippen LogP contribution in [0.5, 0.6) is 0 Å². The van der Waals surface area contributed by atoms with E-state index in [9.17, 15) is 9.18 Å². The van der Waals surface area contributed by atoms with E-state index in [1.807, 2.05) is 24.3 Å². The molecule has 0 aliphatic heterocycles. The number of nitrogens with one attached hydrogen (secondary N) is 1. The second kappa shape index (κ2) is 6.75. The number of halogens is 2.